The minimum absolute atomic E-state index is 0.0701. The third kappa shape index (κ3) is 2.07. The van der Waals surface area contributed by atoms with Crippen molar-refractivity contribution in [3.63, 3.8) is 0 Å². The van der Waals surface area contributed by atoms with Gasteiger partial charge < -0.3 is 0 Å². The first kappa shape index (κ1) is 15.8. The topological polar surface area (TPSA) is 112 Å². The van der Waals surface area contributed by atoms with Gasteiger partial charge in [0.25, 0.3) is 11.1 Å². The van der Waals surface area contributed by atoms with Crippen LogP contribution in [0.5, 0.6) is 0 Å². The SMILES string of the molecule is Cn1c(=O)nc2n(-c3ccccc3)c3[nH]c(=O)n(C)c(=O)c3cc-2c1=O. The number of pyridine rings is 1. The van der Waals surface area contributed by atoms with Crippen molar-refractivity contribution in [2.75, 3.05) is 0 Å². The van der Waals surface area contributed by atoms with Crippen LogP contribution in [0.2, 0.25) is 0 Å². The molecule has 0 amide bonds. The van der Waals surface area contributed by atoms with E-state index in [4.69, 9.17) is 0 Å². The van der Waals surface area contributed by atoms with Gasteiger partial charge in [-0.25, -0.2) is 9.59 Å². The van der Waals surface area contributed by atoms with E-state index in [1.165, 1.54) is 24.7 Å². The number of aromatic nitrogens is 5. The van der Waals surface area contributed by atoms with E-state index in [-0.39, 0.29) is 22.4 Å². The maximum absolute atomic E-state index is 12.6. The fraction of sp³-hybridized carbons (Fsp3) is 0.118. The summed E-state index contributed by atoms with van der Waals surface area (Å²) in [6.45, 7) is 0. The molecular formula is C17H13N5O4. The third-order valence-corrected chi connectivity index (χ3v) is 4.32. The zero-order valence-corrected chi connectivity index (χ0v) is 13.9. The van der Waals surface area contributed by atoms with Gasteiger partial charge in [0.15, 0.2) is 5.82 Å². The normalized spacial score (nSPS) is 11.3. The summed E-state index contributed by atoms with van der Waals surface area (Å²) in [5.74, 6) is 0.0701. The fourth-order valence-corrected chi connectivity index (χ4v) is 2.90. The Balaban J connectivity index is 2.39. The van der Waals surface area contributed by atoms with E-state index in [1.807, 2.05) is 0 Å². The zero-order chi connectivity index (χ0) is 18.6. The van der Waals surface area contributed by atoms with Crippen LogP contribution >= 0.6 is 0 Å². The van der Waals surface area contributed by atoms with E-state index < -0.39 is 22.5 Å². The molecule has 1 N–H and O–H groups in total. The van der Waals surface area contributed by atoms with Gasteiger partial charge in [-0.2, -0.15) is 4.98 Å². The Kier molecular flexibility index (Phi) is 3.26. The summed E-state index contributed by atoms with van der Waals surface area (Å²) in [5, 5.41) is 0.140. The molecule has 1 aromatic carbocycles. The quantitative estimate of drug-likeness (QED) is 0.468. The van der Waals surface area contributed by atoms with Crippen molar-refractivity contribution >= 4 is 11.0 Å². The molecule has 0 atom stereocenters. The number of nitrogens with one attached hydrogen (secondary N) is 1. The van der Waals surface area contributed by atoms with E-state index in [0.29, 0.717) is 5.69 Å². The summed E-state index contributed by atoms with van der Waals surface area (Å²) in [4.78, 5) is 55.9. The summed E-state index contributed by atoms with van der Waals surface area (Å²) in [6, 6.07) is 10.1. The van der Waals surface area contributed by atoms with E-state index in [1.54, 1.807) is 30.3 Å². The lowest BCUT2D eigenvalue weighted by Crippen LogP contribution is -2.38. The Bertz CT molecular complexity index is 1360. The summed E-state index contributed by atoms with van der Waals surface area (Å²) < 4.78 is 3.24. The van der Waals surface area contributed by atoms with Gasteiger partial charge in [-0.15, -0.1) is 0 Å². The molecule has 0 saturated carbocycles. The van der Waals surface area contributed by atoms with Crippen molar-refractivity contribution in [1.29, 1.82) is 0 Å². The van der Waals surface area contributed by atoms with Crippen LogP contribution in [0.3, 0.4) is 0 Å². The van der Waals surface area contributed by atoms with Crippen molar-refractivity contribution in [2.45, 2.75) is 0 Å². The summed E-state index contributed by atoms with van der Waals surface area (Å²) in [7, 11) is 2.66. The average Bonchev–Trinajstić information content (AvgIpc) is 2.64. The van der Waals surface area contributed by atoms with Gasteiger partial charge in [-0.1, -0.05) is 18.2 Å². The molecule has 0 unspecified atom stereocenters. The van der Waals surface area contributed by atoms with Crippen molar-refractivity contribution in [1.82, 2.24) is 23.7 Å². The van der Waals surface area contributed by atoms with Crippen LogP contribution in [0.4, 0.5) is 0 Å². The summed E-state index contributed by atoms with van der Waals surface area (Å²) in [6.07, 6.45) is 0. The number of hydrogen-bond acceptors (Lipinski definition) is 5. The highest BCUT2D eigenvalue weighted by molar-refractivity contribution is 5.83. The van der Waals surface area contributed by atoms with Crippen molar-refractivity contribution < 1.29 is 0 Å². The van der Waals surface area contributed by atoms with E-state index >= 15 is 0 Å². The first-order valence-electron chi connectivity index (χ1n) is 7.71. The van der Waals surface area contributed by atoms with Gasteiger partial charge >= 0.3 is 11.4 Å². The molecule has 9 heteroatoms. The predicted octanol–water partition coefficient (Wildman–Crippen LogP) is -0.424. The number of para-hydroxylation sites is 1. The third-order valence-electron chi connectivity index (χ3n) is 4.32. The molecule has 0 radical (unpaired) electrons. The second-order valence-corrected chi connectivity index (χ2v) is 5.87. The Labute approximate surface area is 144 Å². The molecule has 2 aromatic rings. The molecule has 0 fully saturated rings. The van der Waals surface area contributed by atoms with Crippen LogP contribution in [-0.4, -0.2) is 23.7 Å². The molecule has 0 bridgehead atoms. The van der Waals surface area contributed by atoms with Gasteiger partial charge in [0.05, 0.1) is 10.9 Å². The molecule has 9 nitrogen and oxygen atoms in total. The molecule has 3 heterocycles. The Morgan fingerprint density at radius 2 is 1.62 bits per heavy atom. The van der Waals surface area contributed by atoms with Crippen LogP contribution in [-0.2, 0) is 14.1 Å². The number of nitrogens with zero attached hydrogens (tertiary/aromatic N) is 4. The van der Waals surface area contributed by atoms with Crippen LogP contribution in [0.25, 0.3) is 28.1 Å². The number of hydrogen-bond donors (Lipinski definition) is 1. The minimum Gasteiger partial charge on any atom is -0.292 e. The standard InChI is InChI=1S/C17H13N5O4/c1-20-14(23)10-8-11-13(19-17(26)21(2)15(11)24)22(12(10)18-16(20)25)9-6-4-3-5-7-9/h3-8H,1-2H3,(H,18,25). The monoisotopic (exact) mass is 351 g/mol. The van der Waals surface area contributed by atoms with Gasteiger partial charge in [-0.3, -0.25) is 28.3 Å². The average molecular weight is 351 g/mol. The Hall–Kier alpha value is -3.75. The lowest BCUT2D eigenvalue weighted by molar-refractivity contribution is 0.759. The molecule has 0 spiro atoms. The predicted molar refractivity (Wildman–Crippen MR) is 95.1 cm³/mol. The van der Waals surface area contributed by atoms with E-state index in [9.17, 15) is 19.2 Å². The highest BCUT2D eigenvalue weighted by Crippen LogP contribution is 2.24. The maximum atomic E-state index is 12.6. The number of aromatic amines is 1. The molecule has 2 aliphatic heterocycles. The summed E-state index contributed by atoms with van der Waals surface area (Å²) >= 11 is 0. The van der Waals surface area contributed by atoms with Crippen LogP contribution in [0.1, 0.15) is 0 Å². The molecule has 2 aliphatic rings. The number of rotatable bonds is 1. The molecule has 130 valence electrons. The molecular weight excluding hydrogens is 338 g/mol. The molecule has 0 saturated heterocycles. The molecule has 26 heavy (non-hydrogen) atoms. The second kappa shape index (κ2) is 5.38. The number of benzene rings is 1. The fourth-order valence-electron chi connectivity index (χ4n) is 2.90. The first-order valence-corrected chi connectivity index (χ1v) is 7.71. The lowest BCUT2D eigenvalue weighted by atomic mass is 10.1. The minimum atomic E-state index is -0.724. The van der Waals surface area contributed by atoms with Crippen molar-refractivity contribution in [3.05, 3.63) is 78.1 Å². The van der Waals surface area contributed by atoms with Crippen molar-refractivity contribution in [2.24, 2.45) is 14.1 Å². The molecule has 4 rings (SSSR count). The van der Waals surface area contributed by atoms with E-state index in [0.717, 1.165) is 9.13 Å². The summed E-state index contributed by atoms with van der Waals surface area (Å²) in [5.41, 5.74) is -1.64. The van der Waals surface area contributed by atoms with Gasteiger partial charge in [0.1, 0.15) is 5.65 Å². The zero-order valence-electron chi connectivity index (χ0n) is 13.9. The number of H-pyrrole nitrogens is 1. The van der Waals surface area contributed by atoms with Gasteiger partial charge in [0, 0.05) is 19.8 Å². The lowest BCUT2D eigenvalue weighted by Gasteiger charge is -2.17. The van der Waals surface area contributed by atoms with Gasteiger partial charge in [-0.05, 0) is 18.2 Å². The van der Waals surface area contributed by atoms with Crippen molar-refractivity contribution in [3.8, 4) is 17.1 Å². The van der Waals surface area contributed by atoms with Crippen LogP contribution in [0, 0.1) is 0 Å². The highest BCUT2D eigenvalue weighted by atomic mass is 16.2. The Morgan fingerprint density at radius 3 is 2.31 bits per heavy atom. The van der Waals surface area contributed by atoms with E-state index in [2.05, 4.69) is 9.97 Å². The second-order valence-electron chi connectivity index (χ2n) is 5.87. The largest absolute Gasteiger partial charge is 0.352 e. The van der Waals surface area contributed by atoms with Crippen LogP contribution in [0.15, 0.2) is 55.6 Å². The van der Waals surface area contributed by atoms with Crippen LogP contribution < -0.4 is 22.5 Å². The smallest absolute Gasteiger partial charge is 0.292 e. The highest BCUT2D eigenvalue weighted by Gasteiger charge is 2.22. The molecule has 1 aromatic heterocycles. The molecule has 0 aliphatic carbocycles. The van der Waals surface area contributed by atoms with Gasteiger partial charge in [0.2, 0.25) is 0 Å². The maximum Gasteiger partial charge on any atom is 0.352 e. The first-order chi connectivity index (χ1) is 12.4. The Morgan fingerprint density at radius 1 is 0.923 bits per heavy atom. The number of fused-ring (bicyclic) bond motifs is 2.